The number of fused-ring (bicyclic) bond motifs is 1. The van der Waals surface area contributed by atoms with Crippen LogP contribution in [0, 0.1) is 0 Å². The standard InChI is InChI=1S/C15H12ClO6P/c1-3-4-10(8(2)16)13-7-12(18)15-11(17)5-9(22-23(19)20)6-14(15)21-13/h3-7,17,19-20H,1-2H2/b10-4+. The molecule has 3 N–H and O–H groups in total. The topological polar surface area (TPSA) is 100 Å². The summed E-state index contributed by atoms with van der Waals surface area (Å²) in [5.41, 5.74) is -0.168. The minimum Gasteiger partial charge on any atom is -0.507 e. The molecular weight excluding hydrogens is 343 g/mol. The highest BCUT2D eigenvalue weighted by Crippen LogP contribution is 2.36. The first kappa shape index (κ1) is 17.2. The van der Waals surface area contributed by atoms with Crippen LogP contribution in [0.5, 0.6) is 11.5 Å². The summed E-state index contributed by atoms with van der Waals surface area (Å²) in [5, 5.41) is 9.98. The fraction of sp³-hybridized carbons (Fsp3) is 0. The molecule has 0 aliphatic heterocycles. The van der Waals surface area contributed by atoms with Gasteiger partial charge in [0.25, 0.3) is 0 Å². The predicted octanol–water partition coefficient (Wildman–Crippen LogP) is 3.41. The third-order valence-corrected chi connectivity index (χ3v) is 3.39. The molecule has 0 unspecified atom stereocenters. The maximum atomic E-state index is 12.2. The zero-order chi connectivity index (χ0) is 17.1. The van der Waals surface area contributed by atoms with E-state index in [0.717, 1.165) is 12.1 Å². The second-order valence-corrected chi connectivity index (χ2v) is 5.50. The number of allylic oxidation sites excluding steroid dienone is 4. The summed E-state index contributed by atoms with van der Waals surface area (Å²) in [6, 6.07) is 3.50. The number of hydrogen-bond donors (Lipinski definition) is 3. The Bertz CT molecular complexity index is 868. The Hall–Kier alpha value is -2.11. The molecule has 2 rings (SSSR count). The molecule has 0 saturated carbocycles. The quantitative estimate of drug-likeness (QED) is 0.562. The van der Waals surface area contributed by atoms with E-state index in [1.54, 1.807) is 0 Å². The van der Waals surface area contributed by atoms with Gasteiger partial charge in [-0.15, -0.1) is 0 Å². The van der Waals surface area contributed by atoms with E-state index in [1.165, 1.54) is 18.2 Å². The van der Waals surface area contributed by atoms with E-state index in [9.17, 15) is 9.90 Å². The summed E-state index contributed by atoms with van der Waals surface area (Å²) >= 11 is 5.88. The van der Waals surface area contributed by atoms with Crippen molar-refractivity contribution in [2.24, 2.45) is 0 Å². The van der Waals surface area contributed by atoms with Gasteiger partial charge in [-0.2, -0.15) is 0 Å². The number of phenols is 1. The maximum Gasteiger partial charge on any atom is 0.391 e. The second kappa shape index (κ2) is 6.98. The highest BCUT2D eigenvalue weighted by molar-refractivity contribution is 7.39. The van der Waals surface area contributed by atoms with Crippen molar-refractivity contribution < 1.29 is 23.8 Å². The van der Waals surface area contributed by atoms with E-state index in [-0.39, 0.29) is 27.5 Å². The van der Waals surface area contributed by atoms with Gasteiger partial charge in [-0.05, 0) is 0 Å². The maximum absolute atomic E-state index is 12.2. The summed E-state index contributed by atoms with van der Waals surface area (Å²) in [7, 11) is -2.68. The molecule has 0 spiro atoms. The smallest absolute Gasteiger partial charge is 0.391 e. The lowest BCUT2D eigenvalue weighted by Gasteiger charge is -2.09. The van der Waals surface area contributed by atoms with Crippen LogP contribution in [0.3, 0.4) is 0 Å². The Balaban J connectivity index is 2.72. The lowest BCUT2D eigenvalue weighted by atomic mass is 10.1. The Morgan fingerprint density at radius 1 is 1.35 bits per heavy atom. The minimum atomic E-state index is -2.68. The van der Waals surface area contributed by atoms with Crippen LogP contribution in [0.2, 0.25) is 0 Å². The van der Waals surface area contributed by atoms with Crippen LogP contribution in [-0.4, -0.2) is 14.9 Å². The molecule has 2 aromatic rings. The summed E-state index contributed by atoms with van der Waals surface area (Å²) in [6.07, 6.45) is 2.97. The molecule has 0 fully saturated rings. The van der Waals surface area contributed by atoms with E-state index < -0.39 is 19.8 Å². The third kappa shape index (κ3) is 3.81. The Morgan fingerprint density at radius 3 is 2.61 bits per heavy atom. The van der Waals surface area contributed by atoms with Gasteiger partial charge in [0, 0.05) is 28.8 Å². The highest BCUT2D eigenvalue weighted by Gasteiger charge is 2.15. The van der Waals surface area contributed by atoms with Gasteiger partial charge in [0.1, 0.15) is 28.2 Å². The van der Waals surface area contributed by atoms with E-state index in [4.69, 9.17) is 30.3 Å². The summed E-state index contributed by atoms with van der Waals surface area (Å²) < 4.78 is 10.3. The number of rotatable bonds is 5. The van der Waals surface area contributed by atoms with Gasteiger partial charge < -0.3 is 23.8 Å². The molecule has 23 heavy (non-hydrogen) atoms. The normalized spacial score (nSPS) is 11.7. The average molecular weight is 355 g/mol. The van der Waals surface area contributed by atoms with Crippen molar-refractivity contribution >= 4 is 36.7 Å². The minimum absolute atomic E-state index is 0.00720. The van der Waals surface area contributed by atoms with Gasteiger partial charge in [-0.3, -0.25) is 4.79 Å². The first-order valence-corrected chi connectivity index (χ1v) is 7.72. The van der Waals surface area contributed by atoms with E-state index in [2.05, 4.69) is 13.2 Å². The van der Waals surface area contributed by atoms with Crippen molar-refractivity contribution in [3.05, 3.63) is 64.5 Å². The molecule has 120 valence electrons. The first-order valence-electron chi connectivity index (χ1n) is 6.18. The molecule has 0 aliphatic rings. The fourth-order valence-corrected chi connectivity index (χ4v) is 2.40. The summed E-state index contributed by atoms with van der Waals surface area (Å²) in [5.74, 6) is -0.354. The SMILES string of the molecule is C=C/C=C(\C(=C)Cl)c1cc(=O)c2c(O)cc(OP(O)O)cc2o1. The number of phenolic OH excluding ortho intramolecular Hbond substituents is 1. The Kier molecular flexibility index (Phi) is 5.23. The van der Waals surface area contributed by atoms with Crippen molar-refractivity contribution in [2.75, 3.05) is 0 Å². The molecule has 8 heteroatoms. The van der Waals surface area contributed by atoms with Crippen LogP contribution >= 0.6 is 20.2 Å². The van der Waals surface area contributed by atoms with Crippen molar-refractivity contribution in [1.29, 1.82) is 0 Å². The van der Waals surface area contributed by atoms with Gasteiger partial charge >= 0.3 is 8.60 Å². The Labute approximate surface area is 137 Å². The fourth-order valence-electron chi connectivity index (χ4n) is 1.95. The summed E-state index contributed by atoms with van der Waals surface area (Å²) in [4.78, 5) is 30.0. The van der Waals surface area contributed by atoms with Crippen molar-refractivity contribution in [3.63, 3.8) is 0 Å². The Morgan fingerprint density at radius 2 is 2.04 bits per heavy atom. The zero-order valence-corrected chi connectivity index (χ0v) is 13.3. The van der Waals surface area contributed by atoms with Crippen molar-refractivity contribution in [2.45, 2.75) is 0 Å². The predicted molar refractivity (Wildman–Crippen MR) is 89.3 cm³/mol. The van der Waals surface area contributed by atoms with Crippen LogP contribution in [-0.2, 0) is 0 Å². The first-order chi connectivity index (χ1) is 10.8. The number of halogens is 1. The van der Waals surface area contributed by atoms with Crippen LogP contribution in [0.15, 0.2) is 57.8 Å². The monoisotopic (exact) mass is 354 g/mol. The molecule has 1 aromatic carbocycles. The van der Waals surface area contributed by atoms with Gasteiger partial charge in [0.2, 0.25) is 0 Å². The van der Waals surface area contributed by atoms with Gasteiger partial charge in [-0.1, -0.05) is 36.9 Å². The molecule has 0 radical (unpaired) electrons. The molecule has 1 aromatic heterocycles. The molecule has 0 saturated heterocycles. The third-order valence-electron chi connectivity index (χ3n) is 2.81. The molecule has 0 aliphatic carbocycles. The molecule has 0 amide bonds. The van der Waals surface area contributed by atoms with Crippen molar-refractivity contribution in [1.82, 2.24) is 0 Å². The number of aromatic hydroxyl groups is 1. The van der Waals surface area contributed by atoms with Crippen LogP contribution < -0.4 is 9.95 Å². The largest absolute Gasteiger partial charge is 0.507 e. The average Bonchev–Trinajstić information content (AvgIpc) is 2.42. The summed E-state index contributed by atoms with van der Waals surface area (Å²) in [6.45, 7) is 7.13. The molecule has 0 atom stereocenters. The number of benzene rings is 1. The van der Waals surface area contributed by atoms with E-state index in [0.29, 0.717) is 5.57 Å². The van der Waals surface area contributed by atoms with E-state index in [1.807, 2.05) is 0 Å². The molecule has 1 heterocycles. The molecule has 6 nitrogen and oxygen atoms in total. The molecule has 0 bridgehead atoms. The molecular formula is C15H12ClO6P. The van der Waals surface area contributed by atoms with Crippen LogP contribution in [0.1, 0.15) is 5.76 Å². The zero-order valence-electron chi connectivity index (χ0n) is 11.7. The van der Waals surface area contributed by atoms with Crippen LogP contribution in [0.4, 0.5) is 0 Å². The number of hydrogen-bond acceptors (Lipinski definition) is 6. The highest BCUT2D eigenvalue weighted by atomic mass is 35.5. The van der Waals surface area contributed by atoms with Gasteiger partial charge in [-0.25, -0.2) is 0 Å². The van der Waals surface area contributed by atoms with Gasteiger partial charge in [0.15, 0.2) is 5.43 Å². The lowest BCUT2D eigenvalue weighted by molar-refractivity contribution is 0.374. The van der Waals surface area contributed by atoms with Crippen molar-refractivity contribution in [3.8, 4) is 11.5 Å². The lowest BCUT2D eigenvalue weighted by Crippen LogP contribution is -2.03. The van der Waals surface area contributed by atoms with E-state index >= 15 is 0 Å². The van der Waals surface area contributed by atoms with Crippen LogP contribution in [0.25, 0.3) is 16.5 Å². The second-order valence-electron chi connectivity index (χ2n) is 4.36. The van der Waals surface area contributed by atoms with Gasteiger partial charge in [0.05, 0.1) is 0 Å².